The number of rotatable bonds is 8. The van der Waals surface area contributed by atoms with Gasteiger partial charge in [0.1, 0.15) is 0 Å². The number of alkyl halides is 3. The quantitative estimate of drug-likeness (QED) is 0.695. The van der Waals surface area contributed by atoms with Gasteiger partial charge >= 0.3 is 6.18 Å². The Morgan fingerprint density at radius 3 is 2.50 bits per heavy atom. The normalized spacial score (nSPS) is 15.1. The standard InChI is InChI=1S/C16H23ClF3N3O/c1-3-10(4-2)15(24)21-8-5-9-23-13(11-6-7-11)12(17)14(22-23)16(18,19)20/h10-11H,3-9H2,1-2H3,(H,21,24). The molecular weight excluding hydrogens is 343 g/mol. The number of halogens is 4. The van der Waals surface area contributed by atoms with Crippen LogP contribution in [0.15, 0.2) is 0 Å². The molecule has 1 aliphatic rings. The van der Waals surface area contributed by atoms with Crippen LogP contribution in [0, 0.1) is 5.92 Å². The van der Waals surface area contributed by atoms with Gasteiger partial charge in [-0.2, -0.15) is 18.3 Å². The number of hydrogen-bond acceptors (Lipinski definition) is 2. The van der Waals surface area contributed by atoms with Crippen LogP contribution in [0.3, 0.4) is 0 Å². The zero-order chi connectivity index (χ0) is 17.9. The number of nitrogens with one attached hydrogen (secondary N) is 1. The summed E-state index contributed by atoms with van der Waals surface area (Å²) in [6, 6.07) is 0. The fraction of sp³-hybridized carbons (Fsp3) is 0.750. The lowest BCUT2D eigenvalue weighted by Gasteiger charge is -2.13. The minimum Gasteiger partial charge on any atom is -0.356 e. The summed E-state index contributed by atoms with van der Waals surface area (Å²) >= 11 is 5.92. The average Bonchev–Trinajstić information content (AvgIpc) is 3.28. The first kappa shape index (κ1) is 19.1. The van der Waals surface area contributed by atoms with Gasteiger partial charge in [-0.3, -0.25) is 9.48 Å². The Balaban J connectivity index is 1.96. The lowest BCUT2D eigenvalue weighted by Crippen LogP contribution is -2.31. The number of aromatic nitrogens is 2. The lowest BCUT2D eigenvalue weighted by molar-refractivity contribution is -0.141. The van der Waals surface area contributed by atoms with Crippen LogP contribution in [-0.2, 0) is 17.5 Å². The van der Waals surface area contributed by atoms with Crippen molar-refractivity contribution in [1.29, 1.82) is 0 Å². The molecular formula is C16H23ClF3N3O. The van der Waals surface area contributed by atoms with Gasteiger partial charge in [0.05, 0.1) is 10.7 Å². The van der Waals surface area contributed by atoms with E-state index in [-0.39, 0.29) is 22.8 Å². The van der Waals surface area contributed by atoms with Crippen LogP contribution < -0.4 is 5.32 Å². The monoisotopic (exact) mass is 365 g/mol. The topological polar surface area (TPSA) is 46.9 Å². The second-order valence-corrected chi connectivity index (χ2v) is 6.58. The molecule has 1 heterocycles. The van der Waals surface area contributed by atoms with Gasteiger partial charge in [-0.25, -0.2) is 0 Å². The molecule has 1 saturated carbocycles. The highest BCUT2D eigenvalue weighted by molar-refractivity contribution is 6.32. The van der Waals surface area contributed by atoms with Crippen LogP contribution in [0.25, 0.3) is 0 Å². The third-order valence-electron chi connectivity index (χ3n) is 4.37. The molecule has 1 fully saturated rings. The first-order chi connectivity index (χ1) is 11.3. The molecule has 1 N–H and O–H groups in total. The maximum Gasteiger partial charge on any atom is 0.436 e. The van der Waals surface area contributed by atoms with E-state index in [1.165, 1.54) is 4.68 Å². The van der Waals surface area contributed by atoms with Crippen molar-refractivity contribution in [2.24, 2.45) is 5.92 Å². The highest BCUT2D eigenvalue weighted by Crippen LogP contribution is 2.46. The van der Waals surface area contributed by atoms with Gasteiger partial charge < -0.3 is 5.32 Å². The number of aryl methyl sites for hydroxylation is 1. The molecule has 8 heteroatoms. The molecule has 0 atom stereocenters. The summed E-state index contributed by atoms with van der Waals surface area (Å²) in [7, 11) is 0. The van der Waals surface area contributed by atoms with Crippen molar-refractivity contribution < 1.29 is 18.0 Å². The minimum atomic E-state index is -4.55. The summed E-state index contributed by atoms with van der Waals surface area (Å²) in [6.07, 6.45) is -0.797. The fourth-order valence-electron chi connectivity index (χ4n) is 2.80. The molecule has 136 valence electrons. The number of nitrogens with zero attached hydrogens (tertiary/aromatic N) is 2. The highest BCUT2D eigenvalue weighted by Gasteiger charge is 2.41. The second-order valence-electron chi connectivity index (χ2n) is 6.20. The molecule has 24 heavy (non-hydrogen) atoms. The summed E-state index contributed by atoms with van der Waals surface area (Å²) in [4.78, 5) is 11.9. The maximum absolute atomic E-state index is 13.0. The largest absolute Gasteiger partial charge is 0.436 e. The van der Waals surface area contributed by atoms with Crippen LogP contribution in [0.1, 0.15) is 63.3 Å². The van der Waals surface area contributed by atoms with Crippen molar-refractivity contribution in [3.63, 3.8) is 0 Å². The van der Waals surface area contributed by atoms with Crippen LogP contribution in [-0.4, -0.2) is 22.2 Å². The molecule has 0 aliphatic heterocycles. The van der Waals surface area contributed by atoms with Gasteiger partial charge in [0.15, 0.2) is 5.69 Å². The van der Waals surface area contributed by atoms with E-state index in [9.17, 15) is 18.0 Å². The second kappa shape index (κ2) is 7.76. The molecule has 0 radical (unpaired) electrons. The van der Waals surface area contributed by atoms with Crippen molar-refractivity contribution in [2.45, 2.75) is 64.6 Å². The molecule has 1 aromatic rings. The average molecular weight is 366 g/mol. The van der Waals surface area contributed by atoms with E-state index in [1.54, 1.807) is 0 Å². The number of amides is 1. The van der Waals surface area contributed by atoms with Crippen LogP contribution in [0.5, 0.6) is 0 Å². The number of carbonyl (C=O) groups is 1. The first-order valence-electron chi connectivity index (χ1n) is 8.40. The number of hydrogen-bond donors (Lipinski definition) is 1. The van der Waals surface area contributed by atoms with E-state index in [2.05, 4.69) is 10.4 Å². The molecule has 0 unspecified atom stereocenters. The fourth-order valence-corrected chi connectivity index (χ4v) is 3.19. The predicted molar refractivity (Wildman–Crippen MR) is 85.9 cm³/mol. The van der Waals surface area contributed by atoms with E-state index < -0.39 is 11.9 Å². The minimum absolute atomic E-state index is 0.00288. The summed E-state index contributed by atoms with van der Waals surface area (Å²) in [5.41, 5.74) is -0.526. The van der Waals surface area contributed by atoms with Gasteiger partial charge in [-0.1, -0.05) is 25.4 Å². The first-order valence-corrected chi connectivity index (χ1v) is 8.78. The number of carbonyl (C=O) groups excluding carboxylic acids is 1. The van der Waals surface area contributed by atoms with E-state index in [4.69, 9.17) is 11.6 Å². The molecule has 1 amide bonds. The lowest BCUT2D eigenvalue weighted by atomic mass is 10.0. The molecule has 2 rings (SSSR count). The maximum atomic E-state index is 13.0. The predicted octanol–water partition coefficient (Wildman–Crippen LogP) is 4.38. The van der Waals surface area contributed by atoms with Gasteiger partial charge in [-0.15, -0.1) is 0 Å². The van der Waals surface area contributed by atoms with Crippen LogP contribution >= 0.6 is 11.6 Å². The third-order valence-corrected chi connectivity index (χ3v) is 4.74. The summed E-state index contributed by atoms with van der Waals surface area (Å²) in [6.45, 7) is 4.64. The van der Waals surface area contributed by atoms with Crippen LogP contribution in [0.2, 0.25) is 5.02 Å². The van der Waals surface area contributed by atoms with Crippen molar-refractivity contribution in [2.75, 3.05) is 6.54 Å². The Bertz CT molecular complexity index is 578. The Kier molecular flexibility index (Phi) is 6.17. The van der Waals surface area contributed by atoms with Crippen molar-refractivity contribution >= 4 is 17.5 Å². The van der Waals surface area contributed by atoms with Crippen LogP contribution in [0.4, 0.5) is 13.2 Å². The van der Waals surface area contributed by atoms with Gasteiger partial charge in [0, 0.05) is 24.9 Å². The Morgan fingerprint density at radius 2 is 2.00 bits per heavy atom. The zero-order valence-electron chi connectivity index (χ0n) is 13.9. The van der Waals surface area contributed by atoms with Gasteiger partial charge in [0.25, 0.3) is 0 Å². The molecule has 0 spiro atoms. The van der Waals surface area contributed by atoms with Crippen molar-refractivity contribution in [3.8, 4) is 0 Å². The Hall–Kier alpha value is -1.24. The SMILES string of the molecule is CCC(CC)C(=O)NCCCn1nc(C(F)(F)F)c(Cl)c1C1CC1. The molecule has 1 aliphatic carbocycles. The van der Waals surface area contributed by atoms with Gasteiger partial charge in [0.2, 0.25) is 5.91 Å². The Labute approximate surface area is 144 Å². The van der Waals surface area contributed by atoms with Gasteiger partial charge in [-0.05, 0) is 32.1 Å². The summed E-state index contributed by atoms with van der Waals surface area (Å²) in [5, 5.41) is 6.24. The third kappa shape index (κ3) is 4.43. The highest BCUT2D eigenvalue weighted by atomic mass is 35.5. The van der Waals surface area contributed by atoms with E-state index in [1.807, 2.05) is 13.8 Å². The van der Waals surface area contributed by atoms with E-state index >= 15 is 0 Å². The summed E-state index contributed by atoms with van der Waals surface area (Å²) in [5.74, 6) is 0.0557. The van der Waals surface area contributed by atoms with Crippen molar-refractivity contribution in [3.05, 3.63) is 16.4 Å². The molecule has 0 saturated heterocycles. The molecule has 0 aromatic carbocycles. The van der Waals surface area contributed by atoms with E-state index in [0.29, 0.717) is 25.2 Å². The molecule has 0 bridgehead atoms. The van der Waals surface area contributed by atoms with Crippen molar-refractivity contribution in [1.82, 2.24) is 15.1 Å². The molecule has 1 aromatic heterocycles. The Morgan fingerprint density at radius 1 is 1.38 bits per heavy atom. The smallest absolute Gasteiger partial charge is 0.356 e. The molecule has 4 nitrogen and oxygen atoms in total. The zero-order valence-corrected chi connectivity index (χ0v) is 14.7. The summed E-state index contributed by atoms with van der Waals surface area (Å²) < 4.78 is 40.3. The van der Waals surface area contributed by atoms with E-state index in [0.717, 1.165) is 25.7 Å².